The third-order valence-corrected chi connectivity index (χ3v) is 5.56. The summed E-state index contributed by atoms with van der Waals surface area (Å²) in [6, 6.07) is 11.0. The first-order valence-electron chi connectivity index (χ1n) is 9.66. The molecule has 4 rings (SSSR count). The molecule has 2 aromatic rings. The number of hydrogen-bond acceptors (Lipinski definition) is 6. The van der Waals surface area contributed by atoms with Crippen molar-refractivity contribution in [1.29, 1.82) is 0 Å². The van der Waals surface area contributed by atoms with Crippen LogP contribution in [0.2, 0.25) is 0 Å². The summed E-state index contributed by atoms with van der Waals surface area (Å²) >= 11 is 0. The molecule has 0 radical (unpaired) electrons. The lowest BCUT2D eigenvalue weighted by Gasteiger charge is -2.34. The molecule has 6 nitrogen and oxygen atoms in total. The summed E-state index contributed by atoms with van der Waals surface area (Å²) in [6.07, 6.45) is 1.25. The number of allylic oxidation sites excluding steroid dienone is 1. The second-order valence-corrected chi connectivity index (χ2v) is 8.36. The van der Waals surface area contributed by atoms with E-state index in [0.29, 0.717) is 17.9 Å². The van der Waals surface area contributed by atoms with Gasteiger partial charge in [0.05, 0.1) is 31.6 Å². The van der Waals surface area contributed by atoms with Gasteiger partial charge in [-0.05, 0) is 41.7 Å². The fourth-order valence-corrected chi connectivity index (χ4v) is 4.22. The predicted octanol–water partition coefficient (Wildman–Crippen LogP) is 4.63. The summed E-state index contributed by atoms with van der Waals surface area (Å²) in [5.41, 5.74) is 4.16. The summed E-state index contributed by atoms with van der Waals surface area (Å²) in [6.45, 7) is 4.23. The van der Waals surface area contributed by atoms with Gasteiger partial charge in [0.25, 0.3) is 0 Å². The highest BCUT2D eigenvalue weighted by Crippen LogP contribution is 2.47. The molecular formula is C23H26N2O4. The lowest BCUT2D eigenvalue weighted by atomic mass is 9.73. The minimum atomic E-state index is -0.395. The number of aromatic hydroxyl groups is 1. The molecule has 0 saturated carbocycles. The van der Waals surface area contributed by atoms with Crippen molar-refractivity contribution in [3.8, 4) is 17.2 Å². The van der Waals surface area contributed by atoms with Gasteiger partial charge in [0.15, 0.2) is 17.3 Å². The number of benzene rings is 2. The zero-order valence-electron chi connectivity index (χ0n) is 17.1. The van der Waals surface area contributed by atoms with Gasteiger partial charge in [-0.3, -0.25) is 4.79 Å². The molecule has 0 amide bonds. The number of phenols is 1. The molecule has 29 heavy (non-hydrogen) atoms. The molecule has 0 saturated heterocycles. The highest BCUT2D eigenvalue weighted by atomic mass is 16.5. The molecule has 152 valence electrons. The number of Topliss-reactive ketones (excluding diaryl/α,β-unsaturated/α-hetero) is 1. The van der Waals surface area contributed by atoms with E-state index in [9.17, 15) is 9.90 Å². The molecule has 6 heteroatoms. The maximum Gasteiger partial charge on any atom is 0.200 e. The Morgan fingerprint density at radius 1 is 1.03 bits per heavy atom. The van der Waals surface area contributed by atoms with Gasteiger partial charge in [-0.1, -0.05) is 26.0 Å². The number of hydrogen-bond donors (Lipinski definition) is 3. The van der Waals surface area contributed by atoms with Gasteiger partial charge in [0.2, 0.25) is 5.75 Å². The van der Waals surface area contributed by atoms with Crippen LogP contribution in [0.25, 0.3) is 0 Å². The van der Waals surface area contributed by atoms with Gasteiger partial charge in [0.1, 0.15) is 0 Å². The van der Waals surface area contributed by atoms with Crippen molar-refractivity contribution in [3.63, 3.8) is 0 Å². The molecule has 0 fully saturated rings. The SMILES string of the molecule is COc1cc([C@H]2Nc3ccccc3NC3=C2C(=O)CC(C)(C)C3)cc(OC)c1O. The molecule has 1 heterocycles. The van der Waals surface area contributed by atoms with Crippen LogP contribution >= 0.6 is 0 Å². The van der Waals surface area contributed by atoms with Crippen LogP contribution in [0.5, 0.6) is 17.2 Å². The van der Waals surface area contributed by atoms with Gasteiger partial charge in [-0.2, -0.15) is 0 Å². The fourth-order valence-electron chi connectivity index (χ4n) is 4.22. The predicted molar refractivity (Wildman–Crippen MR) is 113 cm³/mol. The van der Waals surface area contributed by atoms with E-state index in [2.05, 4.69) is 24.5 Å². The van der Waals surface area contributed by atoms with E-state index in [4.69, 9.17) is 9.47 Å². The van der Waals surface area contributed by atoms with Gasteiger partial charge < -0.3 is 25.2 Å². The van der Waals surface area contributed by atoms with Crippen LogP contribution in [0.15, 0.2) is 47.7 Å². The van der Waals surface area contributed by atoms with Crippen LogP contribution in [-0.2, 0) is 4.79 Å². The highest BCUT2D eigenvalue weighted by molar-refractivity contribution is 6.01. The number of para-hydroxylation sites is 2. The molecule has 0 spiro atoms. The van der Waals surface area contributed by atoms with Crippen LogP contribution in [0.4, 0.5) is 11.4 Å². The molecule has 2 aliphatic rings. The third kappa shape index (κ3) is 3.39. The normalized spacial score (nSPS) is 20.0. The molecule has 2 aromatic carbocycles. The van der Waals surface area contributed by atoms with Crippen molar-refractivity contribution in [2.24, 2.45) is 5.41 Å². The van der Waals surface area contributed by atoms with Gasteiger partial charge >= 0.3 is 0 Å². The average Bonchev–Trinajstić information content (AvgIpc) is 2.83. The van der Waals surface area contributed by atoms with Gasteiger partial charge in [-0.25, -0.2) is 0 Å². The second kappa shape index (κ2) is 7.03. The third-order valence-electron chi connectivity index (χ3n) is 5.56. The average molecular weight is 394 g/mol. The van der Waals surface area contributed by atoms with Gasteiger partial charge in [-0.15, -0.1) is 0 Å². The molecule has 3 N–H and O–H groups in total. The number of ketones is 1. The van der Waals surface area contributed by atoms with Crippen LogP contribution in [-0.4, -0.2) is 25.1 Å². The minimum Gasteiger partial charge on any atom is -0.502 e. The number of fused-ring (bicyclic) bond motifs is 1. The van der Waals surface area contributed by atoms with Crippen molar-refractivity contribution < 1.29 is 19.4 Å². The maximum atomic E-state index is 13.3. The van der Waals surface area contributed by atoms with E-state index in [-0.39, 0.29) is 16.9 Å². The van der Waals surface area contributed by atoms with Crippen LogP contribution in [0.3, 0.4) is 0 Å². The van der Waals surface area contributed by atoms with Gasteiger partial charge in [0, 0.05) is 17.7 Å². The molecule has 1 aliphatic heterocycles. The number of rotatable bonds is 3. The van der Waals surface area contributed by atoms with Crippen LogP contribution in [0.1, 0.15) is 38.3 Å². The molecule has 0 bridgehead atoms. The Kier molecular flexibility index (Phi) is 4.65. The summed E-state index contributed by atoms with van der Waals surface area (Å²) in [5.74, 6) is 0.658. The summed E-state index contributed by atoms with van der Waals surface area (Å²) in [4.78, 5) is 13.3. The Bertz CT molecular complexity index is 985. The zero-order valence-corrected chi connectivity index (χ0v) is 17.1. The van der Waals surface area contributed by atoms with Crippen molar-refractivity contribution in [2.75, 3.05) is 24.9 Å². The standard InChI is InChI=1S/C23H26N2O4/c1-23(2)11-16-20(17(26)12-23)21(25-15-8-6-5-7-14(15)24-16)13-9-18(28-3)22(27)19(10-13)29-4/h5-10,21,24-25,27H,11-12H2,1-4H3/t21-/m1/s1. The number of ether oxygens (including phenoxy) is 2. The Balaban J connectivity index is 1.92. The quantitative estimate of drug-likeness (QED) is 0.704. The van der Waals surface area contributed by atoms with E-state index in [1.54, 1.807) is 12.1 Å². The Labute approximate surface area is 170 Å². The second-order valence-electron chi connectivity index (χ2n) is 8.36. The van der Waals surface area contributed by atoms with Crippen LogP contribution < -0.4 is 20.1 Å². The summed E-state index contributed by atoms with van der Waals surface area (Å²) in [5, 5.41) is 17.3. The Morgan fingerprint density at radius 3 is 2.28 bits per heavy atom. The molecule has 1 atom stereocenters. The first kappa shape index (κ1) is 19.2. The van der Waals surface area contributed by atoms with E-state index in [0.717, 1.165) is 34.6 Å². The van der Waals surface area contributed by atoms with E-state index in [1.165, 1.54) is 14.2 Å². The number of carbonyl (C=O) groups is 1. The number of anilines is 2. The largest absolute Gasteiger partial charge is 0.502 e. The number of methoxy groups -OCH3 is 2. The fraction of sp³-hybridized carbons (Fsp3) is 0.348. The van der Waals surface area contributed by atoms with Crippen molar-refractivity contribution >= 4 is 17.2 Å². The molecule has 1 aliphatic carbocycles. The summed E-state index contributed by atoms with van der Waals surface area (Å²) in [7, 11) is 2.99. The first-order valence-corrected chi connectivity index (χ1v) is 9.66. The molecular weight excluding hydrogens is 368 g/mol. The van der Waals surface area contributed by atoms with Crippen molar-refractivity contribution in [3.05, 3.63) is 53.2 Å². The Hall–Kier alpha value is -3.15. The van der Waals surface area contributed by atoms with E-state index in [1.807, 2.05) is 24.3 Å². The maximum absolute atomic E-state index is 13.3. The van der Waals surface area contributed by atoms with Crippen molar-refractivity contribution in [1.82, 2.24) is 0 Å². The molecule has 0 unspecified atom stereocenters. The topological polar surface area (TPSA) is 79.8 Å². The summed E-state index contributed by atoms with van der Waals surface area (Å²) < 4.78 is 10.7. The van der Waals surface area contributed by atoms with Crippen LogP contribution in [0, 0.1) is 5.41 Å². The smallest absolute Gasteiger partial charge is 0.200 e. The van der Waals surface area contributed by atoms with E-state index >= 15 is 0 Å². The van der Waals surface area contributed by atoms with E-state index < -0.39 is 6.04 Å². The first-order chi connectivity index (χ1) is 13.8. The number of nitrogens with one attached hydrogen (secondary N) is 2. The highest BCUT2D eigenvalue weighted by Gasteiger charge is 2.39. The monoisotopic (exact) mass is 394 g/mol. The minimum absolute atomic E-state index is 0.0591. The van der Waals surface area contributed by atoms with Crippen molar-refractivity contribution in [2.45, 2.75) is 32.7 Å². The lowest BCUT2D eigenvalue weighted by molar-refractivity contribution is -0.118. The number of carbonyl (C=O) groups excluding carboxylic acids is 1. The number of phenolic OH excluding ortho intramolecular Hbond substituents is 1. The molecule has 0 aromatic heterocycles. The Morgan fingerprint density at radius 2 is 1.66 bits per heavy atom. The lowest BCUT2D eigenvalue weighted by Crippen LogP contribution is -2.31. The zero-order chi connectivity index (χ0) is 20.8.